The molecule has 0 aromatic heterocycles. The van der Waals surface area contributed by atoms with E-state index < -0.39 is 0 Å². The molecular weight excluding hydrogens is 648 g/mol. The molecule has 254 valence electrons. The van der Waals surface area contributed by atoms with Crippen LogP contribution >= 0.6 is 0 Å². The summed E-state index contributed by atoms with van der Waals surface area (Å²) in [6.07, 6.45) is 0. The lowest BCUT2D eigenvalue weighted by Crippen LogP contribution is -2.12. The quantitative estimate of drug-likeness (QED) is 0.0768. The Morgan fingerprint density at radius 1 is 0.327 bits per heavy atom. The molecular formula is C46H34O6. The van der Waals surface area contributed by atoms with E-state index in [0.717, 1.165) is 65.7 Å². The van der Waals surface area contributed by atoms with Gasteiger partial charge < -0.3 is 18.9 Å². The first-order chi connectivity index (χ1) is 25.7. The summed E-state index contributed by atoms with van der Waals surface area (Å²) in [5, 5.41) is 7.98. The maximum absolute atomic E-state index is 12.6. The highest BCUT2D eigenvalue weighted by Gasteiger charge is 2.22. The van der Waals surface area contributed by atoms with Gasteiger partial charge in [0.25, 0.3) is 0 Å². The zero-order chi connectivity index (χ0) is 35.3. The van der Waals surface area contributed by atoms with Crippen molar-refractivity contribution in [2.75, 3.05) is 26.4 Å². The van der Waals surface area contributed by atoms with E-state index in [4.69, 9.17) is 18.9 Å². The van der Waals surface area contributed by atoms with E-state index in [1.54, 1.807) is 24.3 Å². The summed E-state index contributed by atoms with van der Waals surface area (Å²) >= 11 is 0. The zero-order valence-electron chi connectivity index (χ0n) is 28.3. The second-order valence-electron chi connectivity index (χ2n) is 12.3. The van der Waals surface area contributed by atoms with Crippen LogP contribution in [0.2, 0.25) is 0 Å². The van der Waals surface area contributed by atoms with Crippen molar-refractivity contribution in [2.45, 2.75) is 0 Å². The number of hydrogen-bond donors (Lipinski definition) is 0. The molecule has 0 fully saturated rings. The van der Waals surface area contributed by atoms with Crippen molar-refractivity contribution in [2.24, 2.45) is 0 Å². The van der Waals surface area contributed by atoms with Crippen molar-refractivity contribution < 1.29 is 28.5 Å². The summed E-state index contributed by atoms with van der Waals surface area (Å²) < 4.78 is 24.0. The smallest absolute Gasteiger partial charge is 0.338 e. The largest absolute Gasteiger partial charge is 0.489 e. The molecule has 8 aromatic carbocycles. The molecule has 0 spiro atoms. The van der Waals surface area contributed by atoms with Crippen LogP contribution in [0.5, 0.6) is 11.5 Å². The molecule has 6 nitrogen and oxygen atoms in total. The fraction of sp³-hybridized carbons (Fsp3) is 0.0870. The van der Waals surface area contributed by atoms with E-state index in [1.807, 2.05) is 84.9 Å². The van der Waals surface area contributed by atoms with Crippen molar-refractivity contribution >= 4 is 55.0 Å². The van der Waals surface area contributed by atoms with E-state index in [9.17, 15) is 9.59 Å². The summed E-state index contributed by atoms with van der Waals surface area (Å²) in [7, 11) is 0. The van der Waals surface area contributed by atoms with Crippen molar-refractivity contribution in [3.8, 4) is 22.6 Å². The maximum Gasteiger partial charge on any atom is 0.338 e. The Kier molecular flexibility index (Phi) is 9.18. The van der Waals surface area contributed by atoms with Gasteiger partial charge in [0.05, 0.1) is 11.1 Å². The summed E-state index contributed by atoms with van der Waals surface area (Å²) in [5.41, 5.74) is 3.19. The van der Waals surface area contributed by atoms with Crippen LogP contribution in [0.4, 0.5) is 0 Å². The van der Waals surface area contributed by atoms with Gasteiger partial charge >= 0.3 is 11.9 Å². The second-order valence-corrected chi connectivity index (χ2v) is 12.3. The van der Waals surface area contributed by atoms with Crippen molar-refractivity contribution in [1.82, 2.24) is 0 Å². The SMILES string of the molecule is O=C(OCCOc1c2ccccc2c(-c2c3ccccc3c(OCCOC(=O)c3ccccc3)c3ccccc23)c2ccccc12)c1ccccc1. The van der Waals surface area contributed by atoms with Crippen LogP contribution in [0.15, 0.2) is 158 Å². The van der Waals surface area contributed by atoms with Crippen LogP contribution in [-0.2, 0) is 9.47 Å². The van der Waals surface area contributed by atoms with Crippen LogP contribution in [0.3, 0.4) is 0 Å². The zero-order valence-corrected chi connectivity index (χ0v) is 28.3. The van der Waals surface area contributed by atoms with Gasteiger partial charge in [-0.25, -0.2) is 9.59 Å². The number of carbonyl (C=O) groups is 2. The number of fused-ring (bicyclic) bond motifs is 4. The Balaban J connectivity index is 1.19. The van der Waals surface area contributed by atoms with Gasteiger partial charge in [0, 0.05) is 21.5 Å². The van der Waals surface area contributed by atoms with Gasteiger partial charge in [-0.15, -0.1) is 0 Å². The van der Waals surface area contributed by atoms with Gasteiger partial charge in [0.1, 0.15) is 37.9 Å². The van der Waals surface area contributed by atoms with E-state index in [2.05, 4.69) is 48.5 Å². The van der Waals surface area contributed by atoms with Crippen molar-refractivity contribution in [3.63, 3.8) is 0 Å². The Bertz CT molecular complexity index is 2270. The molecule has 0 aliphatic rings. The molecule has 0 saturated carbocycles. The monoisotopic (exact) mass is 682 g/mol. The van der Waals surface area contributed by atoms with E-state index >= 15 is 0 Å². The molecule has 0 amide bonds. The molecule has 0 aliphatic heterocycles. The highest BCUT2D eigenvalue weighted by atomic mass is 16.6. The van der Waals surface area contributed by atoms with Crippen LogP contribution in [0.25, 0.3) is 54.2 Å². The standard InChI is InChI=1S/C46H34O6/c47-45(31-15-3-1-4-16-31)51-29-27-49-43-37-23-11-7-19-33(37)41(34-20-8-12-24-38(34)43)42-35-21-9-13-25-39(35)44(40-26-14-10-22-36(40)42)50-28-30-52-46(48)32-17-5-2-6-18-32/h1-26H,27-30H2. The number of esters is 2. The average molecular weight is 683 g/mol. The maximum atomic E-state index is 12.6. The highest BCUT2D eigenvalue weighted by molar-refractivity contribution is 6.26. The number of carbonyl (C=O) groups excluding carboxylic acids is 2. The van der Waals surface area contributed by atoms with E-state index in [1.165, 1.54) is 0 Å². The van der Waals surface area contributed by atoms with Crippen LogP contribution in [0.1, 0.15) is 20.7 Å². The van der Waals surface area contributed by atoms with Gasteiger partial charge in [-0.1, -0.05) is 133 Å². The highest BCUT2D eigenvalue weighted by Crippen LogP contribution is 2.49. The first-order valence-corrected chi connectivity index (χ1v) is 17.3. The van der Waals surface area contributed by atoms with Gasteiger partial charge in [-0.05, 0) is 56.9 Å². The van der Waals surface area contributed by atoms with Gasteiger partial charge in [-0.2, -0.15) is 0 Å². The third kappa shape index (κ3) is 6.27. The molecule has 0 heterocycles. The summed E-state index contributed by atoms with van der Waals surface area (Å²) in [6, 6.07) is 51.0. The Morgan fingerprint density at radius 2 is 0.596 bits per heavy atom. The minimum Gasteiger partial charge on any atom is -0.489 e. The predicted octanol–water partition coefficient (Wildman–Crippen LogP) is 10.4. The number of benzene rings is 8. The van der Waals surface area contributed by atoms with Gasteiger partial charge in [0.2, 0.25) is 0 Å². The van der Waals surface area contributed by atoms with Gasteiger partial charge in [-0.3, -0.25) is 0 Å². The Hall–Kier alpha value is -6.66. The fourth-order valence-electron chi connectivity index (χ4n) is 6.90. The van der Waals surface area contributed by atoms with Gasteiger partial charge in [0.15, 0.2) is 0 Å². The topological polar surface area (TPSA) is 71.1 Å². The minimum absolute atomic E-state index is 0.111. The average Bonchev–Trinajstić information content (AvgIpc) is 3.21. The van der Waals surface area contributed by atoms with Crippen LogP contribution in [-0.4, -0.2) is 38.4 Å². The number of ether oxygens (including phenoxy) is 4. The second kappa shape index (κ2) is 14.7. The Labute approximate surface area is 300 Å². The molecule has 0 unspecified atom stereocenters. The third-order valence-electron chi connectivity index (χ3n) is 9.16. The van der Waals surface area contributed by atoms with E-state index in [-0.39, 0.29) is 38.4 Å². The van der Waals surface area contributed by atoms with E-state index in [0.29, 0.717) is 11.1 Å². The number of rotatable bonds is 11. The first-order valence-electron chi connectivity index (χ1n) is 17.3. The van der Waals surface area contributed by atoms with Crippen LogP contribution < -0.4 is 9.47 Å². The molecule has 0 saturated heterocycles. The summed E-state index contributed by atoms with van der Waals surface area (Å²) in [4.78, 5) is 25.1. The lowest BCUT2D eigenvalue weighted by atomic mass is 9.85. The first kappa shape index (κ1) is 32.5. The summed E-state index contributed by atoms with van der Waals surface area (Å²) in [5.74, 6) is 0.718. The lowest BCUT2D eigenvalue weighted by molar-refractivity contribution is 0.0444. The fourth-order valence-corrected chi connectivity index (χ4v) is 6.90. The molecule has 0 N–H and O–H groups in total. The molecule has 8 rings (SSSR count). The molecule has 0 radical (unpaired) electrons. The third-order valence-corrected chi connectivity index (χ3v) is 9.16. The summed E-state index contributed by atoms with van der Waals surface area (Å²) in [6.45, 7) is 0.621. The molecule has 0 bridgehead atoms. The number of hydrogen-bond acceptors (Lipinski definition) is 6. The lowest BCUT2D eigenvalue weighted by Gasteiger charge is -2.22. The molecule has 0 atom stereocenters. The predicted molar refractivity (Wildman–Crippen MR) is 206 cm³/mol. The molecule has 52 heavy (non-hydrogen) atoms. The van der Waals surface area contributed by atoms with Crippen molar-refractivity contribution in [1.29, 1.82) is 0 Å². The Morgan fingerprint density at radius 3 is 0.904 bits per heavy atom. The van der Waals surface area contributed by atoms with Crippen LogP contribution in [0, 0.1) is 0 Å². The molecule has 8 aromatic rings. The molecule has 0 aliphatic carbocycles. The van der Waals surface area contributed by atoms with Crippen molar-refractivity contribution in [3.05, 3.63) is 169 Å². The normalized spacial score (nSPS) is 11.2. The minimum atomic E-state index is -0.381. The molecule has 6 heteroatoms.